The lowest BCUT2D eigenvalue weighted by molar-refractivity contribution is -0.167. The molecule has 0 radical (unpaired) electrons. The van der Waals surface area contributed by atoms with E-state index in [1.807, 2.05) is 0 Å². The number of hydrogen-bond donors (Lipinski definition) is 0. The zero-order chi connectivity index (χ0) is 55.0. The Bertz CT molecular complexity index is 1450. The highest BCUT2D eigenvalue weighted by atomic mass is 16.6. The Morgan fingerprint density at radius 3 is 0.803 bits per heavy atom. The molecule has 0 rings (SSSR count). The van der Waals surface area contributed by atoms with Crippen LogP contribution in [0.15, 0.2) is 85.1 Å². The van der Waals surface area contributed by atoms with Crippen LogP contribution in [0.5, 0.6) is 0 Å². The molecule has 0 fully saturated rings. The smallest absolute Gasteiger partial charge is 0.306 e. The Morgan fingerprint density at radius 2 is 0.513 bits per heavy atom. The molecule has 0 N–H and O–H groups in total. The molecule has 6 heteroatoms. The van der Waals surface area contributed by atoms with Gasteiger partial charge in [-0.2, -0.15) is 0 Å². The predicted octanol–water partition coefficient (Wildman–Crippen LogP) is 22.3. The standard InChI is InChI=1S/C70H122O6/c1-4-7-10-13-16-19-22-25-27-29-31-33-34-35-36-38-39-41-43-45-48-51-54-57-60-63-69(72)75-66-67(65-74-68(71)62-59-56-53-50-47-24-21-18-15-12-9-6-3)76-70(73)64-61-58-55-52-49-46-44-42-40-37-32-30-28-26-23-20-17-14-11-8-5-2/h7,10,16,19,23,25-27,30-33,35-36,67H,4-6,8-9,11-15,17-18,20-22,24,28-29,34,37-66H2,1-3H3/b10-7-,19-16-,26-23-,27-25-,32-30-,33-31-,36-35-. The fraction of sp³-hybridized carbons (Fsp3) is 0.757. The summed E-state index contributed by atoms with van der Waals surface area (Å²) in [7, 11) is 0. The van der Waals surface area contributed by atoms with Gasteiger partial charge in [0.25, 0.3) is 0 Å². The van der Waals surface area contributed by atoms with Crippen molar-refractivity contribution in [2.75, 3.05) is 13.2 Å². The average Bonchev–Trinajstić information content (AvgIpc) is 3.42. The van der Waals surface area contributed by atoms with Gasteiger partial charge in [-0.25, -0.2) is 0 Å². The first-order chi connectivity index (χ1) is 37.5. The molecule has 0 saturated heterocycles. The van der Waals surface area contributed by atoms with Gasteiger partial charge in [0, 0.05) is 19.3 Å². The third kappa shape index (κ3) is 61.4. The third-order valence-corrected chi connectivity index (χ3v) is 14.1. The summed E-state index contributed by atoms with van der Waals surface area (Å²) in [4.78, 5) is 38.3. The molecule has 0 bridgehead atoms. The highest BCUT2D eigenvalue weighted by molar-refractivity contribution is 5.71. The van der Waals surface area contributed by atoms with Crippen LogP contribution in [0.3, 0.4) is 0 Å². The molecule has 0 aromatic heterocycles. The van der Waals surface area contributed by atoms with Crippen molar-refractivity contribution in [3.63, 3.8) is 0 Å². The topological polar surface area (TPSA) is 78.9 Å². The van der Waals surface area contributed by atoms with Gasteiger partial charge in [0.05, 0.1) is 0 Å². The van der Waals surface area contributed by atoms with Gasteiger partial charge in [0.15, 0.2) is 6.10 Å². The van der Waals surface area contributed by atoms with Crippen molar-refractivity contribution in [2.24, 2.45) is 0 Å². The van der Waals surface area contributed by atoms with Crippen molar-refractivity contribution in [1.82, 2.24) is 0 Å². The van der Waals surface area contributed by atoms with Crippen molar-refractivity contribution >= 4 is 17.9 Å². The molecule has 0 aliphatic rings. The summed E-state index contributed by atoms with van der Waals surface area (Å²) < 4.78 is 16.9. The van der Waals surface area contributed by atoms with Crippen LogP contribution in [0.2, 0.25) is 0 Å². The number of hydrogen-bond acceptors (Lipinski definition) is 6. The molecule has 0 aromatic carbocycles. The van der Waals surface area contributed by atoms with Crippen LogP contribution in [0.4, 0.5) is 0 Å². The molecule has 6 nitrogen and oxygen atoms in total. The van der Waals surface area contributed by atoms with E-state index in [1.165, 1.54) is 180 Å². The van der Waals surface area contributed by atoms with Gasteiger partial charge in [0.1, 0.15) is 13.2 Å². The van der Waals surface area contributed by atoms with Crippen LogP contribution in [0, 0.1) is 0 Å². The maximum atomic E-state index is 12.9. The molecule has 0 spiro atoms. The van der Waals surface area contributed by atoms with Crippen LogP contribution in [0.1, 0.15) is 323 Å². The zero-order valence-corrected chi connectivity index (χ0v) is 50.3. The molecule has 438 valence electrons. The number of esters is 3. The second-order valence-corrected chi connectivity index (χ2v) is 21.6. The summed E-state index contributed by atoms with van der Waals surface area (Å²) >= 11 is 0. The predicted molar refractivity (Wildman–Crippen MR) is 330 cm³/mol. The van der Waals surface area contributed by atoms with E-state index in [4.69, 9.17) is 14.2 Å². The highest BCUT2D eigenvalue weighted by Gasteiger charge is 2.19. The van der Waals surface area contributed by atoms with Crippen LogP contribution in [-0.2, 0) is 28.6 Å². The number of allylic oxidation sites excluding steroid dienone is 14. The number of unbranched alkanes of at least 4 members (excludes halogenated alkanes) is 34. The summed E-state index contributed by atoms with van der Waals surface area (Å²) in [6, 6.07) is 0. The molecule has 0 aromatic rings. The third-order valence-electron chi connectivity index (χ3n) is 14.1. The van der Waals surface area contributed by atoms with Crippen LogP contribution in [0.25, 0.3) is 0 Å². The van der Waals surface area contributed by atoms with Gasteiger partial charge in [-0.1, -0.05) is 292 Å². The van der Waals surface area contributed by atoms with E-state index in [0.717, 1.165) is 103 Å². The van der Waals surface area contributed by atoms with E-state index < -0.39 is 6.10 Å². The minimum absolute atomic E-state index is 0.0770. The number of ether oxygens (including phenoxy) is 3. The van der Waals surface area contributed by atoms with Crippen LogP contribution in [-0.4, -0.2) is 37.2 Å². The van der Waals surface area contributed by atoms with E-state index in [9.17, 15) is 14.4 Å². The molecule has 0 aliphatic heterocycles. The average molecular weight is 1060 g/mol. The fourth-order valence-corrected chi connectivity index (χ4v) is 9.27. The molecular formula is C70H122O6. The number of carbonyl (C=O) groups excluding carboxylic acids is 3. The molecule has 76 heavy (non-hydrogen) atoms. The summed E-state index contributed by atoms with van der Waals surface area (Å²) in [5.74, 6) is -0.874. The van der Waals surface area contributed by atoms with Gasteiger partial charge in [-0.3, -0.25) is 14.4 Å². The Hall–Kier alpha value is -3.41. The second-order valence-electron chi connectivity index (χ2n) is 21.6. The lowest BCUT2D eigenvalue weighted by Gasteiger charge is -2.18. The minimum Gasteiger partial charge on any atom is -0.462 e. The molecule has 1 unspecified atom stereocenters. The van der Waals surface area contributed by atoms with E-state index in [1.54, 1.807) is 0 Å². The van der Waals surface area contributed by atoms with Gasteiger partial charge < -0.3 is 14.2 Å². The Morgan fingerprint density at radius 1 is 0.276 bits per heavy atom. The highest BCUT2D eigenvalue weighted by Crippen LogP contribution is 2.16. The molecule has 0 heterocycles. The first-order valence-electron chi connectivity index (χ1n) is 32.6. The Balaban J connectivity index is 4.31. The van der Waals surface area contributed by atoms with Crippen LogP contribution < -0.4 is 0 Å². The maximum Gasteiger partial charge on any atom is 0.306 e. The van der Waals surface area contributed by atoms with E-state index in [2.05, 4.69) is 106 Å². The van der Waals surface area contributed by atoms with Crippen molar-refractivity contribution < 1.29 is 28.6 Å². The van der Waals surface area contributed by atoms with E-state index in [-0.39, 0.29) is 31.1 Å². The van der Waals surface area contributed by atoms with Crippen molar-refractivity contribution in [1.29, 1.82) is 0 Å². The first-order valence-corrected chi connectivity index (χ1v) is 32.6. The van der Waals surface area contributed by atoms with Crippen molar-refractivity contribution in [2.45, 2.75) is 329 Å². The Kier molecular flexibility index (Phi) is 61.2. The first kappa shape index (κ1) is 72.6. The normalized spacial score (nSPS) is 12.6. The molecule has 0 aliphatic carbocycles. The lowest BCUT2D eigenvalue weighted by atomic mass is 10.0. The van der Waals surface area contributed by atoms with E-state index >= 15 is 0 Å². The lowest BCUT2D eigenvalue weighted by Crippen LogP contribution is -2.30. The summed E-state index contributed by atoms with van der Waals surface area (Å²) in [5, 5.41) is 0. The number of rotatable bonds is 59. The summed E-state index contributed by atoms with van der Waals surface area (Å²) in [6.07, 6.45) is 84.4. The zero-order valence-electron chi connectivity index (χ0n) is 50.3. The SMILES string of the molecule is CC/C=C\C/C=C\C/C=C\C/C=C\C/C=C\CCCCCCCCCCCC(=O)OCC(COC(=O)CCCCCCCCCCCCCC)OC(=O)CCCCCCCCCCC/C=C\C/C=C\CCCCCCC. The molecule has 0 saturated carbocycles. The maximum absolute atomic E-state index is 12.9. The molecule has 1 atom stereocenters. The fourth-order valence-electron chi connectivity index (χ4n) is 9.27. The van der Waals surface area contributed by atoms with E-state index in [0.29, 0.717) is 19.3 Å². The van der Waals surface area contributed by atoms with Gasteiger partial charge >= 0.3 is 17.9 Å². The molecular weight excluding hydrogens is 937 g/mol. The molecule has 0 amide bonds. The quantitative estimate of drug-likeness (QED) is 0.0261. The monoisotopic (exact) mass is 1060 g/mol. The van der Waals surface area contributed by atoms with Crippen molar-refractivity contribution in [3.8, 4) is 0 Å². The Labute approximate surface area is 471 Å². The van der Waals surface area contributed by atoms with Gasteiger partial charge in [0.2, 0.25) is 0 Å². The summed E-state index contributed by atoms with van der Waals surface area (Å²) in [6.45, 7) is 6.54. The number of carbonyl (C=O) groups is 3. The van der Waals surface area contributed by atoms with Gasteiger partial charge in [-0.15, -0.1) is 0 Å². The van der Waals surface area contributed by atoms with Crippen LogP contribution >= 0.6 is 0 Å². The minimum atomic E-state index is -0.781. The summed E-state index contributed by atoms with van der Waals surface area (Å²) in [5.41, 5.74) is 0. The largest absolute Gasteiger partial charge is 0.462 e. The van der Waals surface area contributed by atoms with Gasteiger partial charge in [-0.05, 0) is 96.3 Å². The van der Waals surface area contributed by atoms with Crippen molar-refractivity contribution in [3.05, 3.63) is 85.1 Å². The second kappa shape index (κ2) is 64.1.